The second-order valence-electron chi connectivity index (χ2n) is 4.76. The fourth-order valence-corrected chi connectivity index (χ4v) is 2.41. The van der Waals surface area contributed by atoms with Gasteiger partial charge in [0, 0.05) is 16.3 Å². The van der Waals surface area contributed by atoms with E-state index < -0.39 is 5.91 Å². The summed E-state index contributed by atoms with van der Waals surface area (Å²) in [6, 6.07) is 11.8. The summed E-state index contributed by atoms with van der Waals surface area (Å²) in [4.78, 5) is 12.2. The number of halogens is 2. The van der Waals surface area contributed by atoms with Crippen LogP contribution in [0.5, 0.6) is 5.75 Å². The van der Waals surface area contributed by atoms with E-state index >= 15 is 0 Å². The van der Waals surface area contributed by atoms with Crippen molar-refractivity contribution in [3.05, 3.63) is 63.1 Å². The highest BCUT2D eigenvalue weighted by Crippen LogP contribution is 2.32. The molecule has 2 aromatic carbocycles. The molecular formula is C17H12Cl2N2O2. The number of carbonyl (C=O) groups excluding carboxylic acids is 1. The summed E-state index contributed by atoms with van der Waals surface area (Å²) in [5.41, 5.74) is 1.49. The minimum absolute atomic E-state index is 0.0420. The van der Waals surface area contributed by atoms with Crippen molar-refractivity contribution in [1.29, 1.82) is 5.26 Å². The summed E-state index contributed by atoms with van der Waals surface area (Å²) in [6.45, 7) is 1.84. The lowest BCUT2D eigenvalue weighted by Crippen LogP contribution is -2.14. The van der Waals surface area contributed by atoms with Gasteiger partial charge in [-0.2, -0.15) is 5.26 Å². The third-order valence-electron chi connectivity index (χ3n) is 3.12. The molecule has 0 aromatic heterocycles. The van der Waals surface area contributed by atoms with Crippen molar-refractivity contribution < 1.29 is 9.90 Å². The average molecular weight is 347 g/mol. The van der Waals surface area contributed by atoms with E-state index in [1.165, 1.54) is 18.2 Å². The van der Waals surface area contributed by atoms with Crippen LogP contribution in [0.4, 0.5) is 5.69 Å². The van der Waals surface area contributed by atoms with Gasteiger partial charge in [-0.1, -0.05) is 41.4 Å². The zero-order valence-electron chi connectivity index (χ0n) is 12.1. The van der Waals surface area contributed by atoms with Gasteiger partial charge in [-0.3, -0.25) is 4.79 Å². The van der Waals surface area contributed by atoms with Gasteiger partial charge in [0.1, 0.15) is 17.4 Å². The van der Waals surface area contributed by atoms with Crippen LogP contribution < -0.4 is 5.32 Å². The van der Waals surface area contributed by atoms with Crippen LogP contribution in [0.3, 0.4) is 0 Å². The van der Waals surface area contributed by atoms with E-state index in [0.29, 0.717) is 5.69 Å². The zero-order chi connectivity index (χ0) is 17.0. The van der Waals surface area contributed by atoms with Gasteiger partial charge in [0.2, 0.25) is 0 Å². The summed E-state index contributed by atoms with van der Waals surface area (Å²) in [7, 11) is 0. The number of phenols is 1. The van der Waals surface area contributed by atoms with Gasteiger partial charge >= 0.3 is 0 Å². The highest BCUT2D eigenvalue weighted by atomic mass is 35.5. The molecule has 0 bridgehead atoms. The Labute approximate surface area is 143 Å². The smallest absolute Gasteiger partial charge is 0.266 e. The number of hydrogen-bond acceptors (Lipinski definition) is 3. The van der Waals surface area contributed by atoms with Crippen molar-refractivity contribution >= 4 is 40.9 Å². The molecule has 0 aliphatic rings. The van der Waals surface area contributed by atoms with Gasteiger partial charge in [-0.25, -0.2) is 0 Å². The maximum absolute atomic E-state index is 12.2. The van der Waals surface area contributed by atoms with Gasteiger partial charge in [0.05, 0.1) is 5.02 Å². The largest absolute Gasteiger partial charge is 0.506 e. The Morgan fingerprint density at radius 2 is 2.00 bits per heavy atom. The number of phenolic OH excluding ortho intramolecular Hbond substituents is 1. The number of amides is 1. The van der Waals surface area contributed by atoms with Gasteiger partial charge < -0.3 is 10.4 Å². The van der Waals surface area contributed by atoms with Gasteiger partial charge in [0.15, 0.2) is 0 Å². The predicted octanol–water partition coefficient (Wildman–Crippen LogP) is 4.55. The number of aromatic hydroxyl groups is 1. The number of anilines is 1. The van der Waals surface area contributed by atoms with E-state index in [1.54, 1.807) is 12.1 Å². The zero-order valence-corrected chi connectivity index (χ0v) is 13.6. The van der Waals surface area contributed by atoms with E-state index in [1.807, 2.05) is 25.1 Å². The van der Waals surface area contributed by atoms with Crippen molar-refractivity contribution in [3.8, 4) is 11.8 Å². The van der Waals surface area contributed by atoms with Crippen molar-refractivity contribution in [2.75, 3.05) is 5.32 Å². The van der Waals surface area contributed by atoms with E-state index in [2.05, 4.69) is 5.32 Å². The summed E-state index contributed by atoms with van der Waals surface area (Å²) in [6.07, 6.45) is 1.24. The van der Waals surface area contributed by atoms with Gasteiger partial charge in [-0.05, 0) is 36.8 Å². The summed E-state index contributed by atoms with van der Waals surface area (Å²) in [5, 5.41) is 22.1. The molecule has 2 N–H and O–H groups in total. The van der Waals surface area contributed by atoms with Crippen molar-refractivity contribution in [3.63, 3.8) is 0 Å². The molecule has 0 saturated heterocycles. The Hall–Kier alpha value is -2.48. The van der Waals surface area contributed by atoms with Crippen LogP contribution in [0.2, 0.25) is 10.0 Å². The van der Waals surface area contributed by atoms with E-state index in [4.69, 9.17) is 23.2 Å². The monoisotopic (exact) mass is 346 g/mol. The van der Waals surface area contributed by atoms with E-state index in [9.17, 15) is 15.2 Å². The lowest BCUT2D eigenvalue weighted by atomic mass is 10.1. The first kappa shape index (κ1) is 16.9. The van der Waals surface area contributed by atoms with Crippen LogP contribution in [0.15, 0.2) is 42.0 Å². The number of aryl methyl sites for hydroxylation is 1. The standard InChI is InChI=1S/C17H12Cl2N2O2/c1-10-4-2-3-5-15(10)21-17(23)12(9-20)6-11-7-13(18)8-14(19)16(11)22/h2-8,22H,1H3,(H,21,23)/b12-6-. The second kappa shape index (κ2) is 7.19. The first-order chi connectivity index (χ1) is 10.9. The predicted molar refractivity (Wildman–Crippen MR) is 91.5 cm³/mol. The molecule has 0 aliphatic heterocycles. The molecule has 0 heterocycles. The van der Waals surface area contributed by atoms with Gasteiger partial charge in [-0.15, -0.1) is 0 Å². The summed E-state index contributed by atoms with van der Waals surface area (Å²) in [5.74, 6) is -0.829. The minimum atomic E-state index is -0.586. The van der Waals surface area contributed by atoms with Crippen LogP contribution >= 0.6 is 23.2 Å². The molecule has 2 aromatic rings. The number of hydrogen-bond donors (Lipinski definition) is 2. The fourth-order valence-electron chi connectivity index (χ4n) is 1.90. The number of nitrogens with one attached hydrogen (secondary N) is 1. The van der Waals surface area contributed by atoms with Crippen molar-refractivity contribution in [2.24, 2.45) is 0 Å². The lowest BCUT2D eigenvalue weighted by Gasteiger charge is -2.08. The quantitative estimate of drug-likeness (QED) is 0.632. The maximum Gasteiger partial charge on any atom is 0.266 e. The van der Waals surface area contributed by atoms with Crippen molar-refractivity contribution in [1.82, 2.24) is 0 Å². The van der Waals surface area contributed by atoms with Crippen LogP contribution in [0.1, 0.15) is 11.1 Å². The molecule has 23 heavy (non-hydrogen) atoms. The third-order valence-corrected chi connectivity index (χ3v) is 3.62. The molecule has 0 spiro atoms. The molecule has 0 radical (unpaired) electrons. The van der Waals surface area contributed by atoms with Gasteiger partial charge in [0.25, 0.3) is 5.91 Å². The third kappa shape index (κ3) is 4.04. The molecule has 4 nitrogen and oxygen atoms in total. The highest BCUT2D eigenvalue weighted by molar-refractivity contribution is 6.36. The molecular weight excluding hydrogens is 335 g/mol. The number of rotatable bonds is 3. The summed E-state index contributed by atoms with van der Waals surface area (Å²) >= 11 is 11.7. The number of nitriles is 1. The normalized spacial score (nSPS) is 11.0. The Morgan fingerprint density at radius 3 is 2.65 bits per heavy atom. The Balaban J connectivity index is 2.35. The van der Waals surface area contributed by atoms with Crippen LogP contribution in [0.25, 0.3) is 6.08 Å². The first-order valence-electron chi connectivity index (χ1n) is 6.59. The molecule has 6 heteroatoms. The molecule has 0 atom stereocenters. The first-order valence-corrected chi connectivity index (χ1v) is 7.34. The number of para-hydroxylation sites is 1. The van der Waals surface area contributed by atoms with Crippen molar-refractivity contribution in [2.45, 2.75) is 6.92 Å². The lowest BCUT2D eigenvalue weighted by molar-refractivity contribution is -0.112. The average Bonchev–Trinajstić information content (AvgIpc) is 2.51. The molecule has 2 rings (SSSR count). The van der Waals surface area contributed by atoms with E-state index in [0.717, 1.165) is 5.56 Å². The molecule has 116 valence electrons. The highest BCUT2D eigenvalue weighted by Gasteiger charge is 2.13. The maximum atomic E-state index is 12.2. The van der Waals surface area contributed by atoms with Crippen LogP contribution in [-0.4, -0.2) is 11.0 Å². The molecule has 0 saturated carbocycles. The topological polar surface area (TPSA) is 73.1 Å². The van der Waals surface area contributed by atoms with E-state index in [-0.39, 0.29) is 26.9 Å². The fraction of sp³-hybridized carbons (Fsp3) is 0.0588. The Bertz CT molecular complexity index is 839. The molecule has 0 fully saturated rings. The number of nitrogens with zero attached hydrogens (tertiary/aromatic N) is 1. The number of benzene rings is 2. The number of carbonyl (C=O) groups is 1. The van der Waals surface area contributed by atoms with Crippen LogP contribution in [0, 0.1) is 18.3 Å². The Morgan fingerprint density at radius 1 is 1.30 bits per heavy atom. The minimum Gasteiger partial charge on any atom is -0.506 e. The molecule has 0 aliphatic carbocycles. The molecule has 0 unspecified atom stereocenters. The molecule has 1 amide bonds. The van der Waals surface area contributed by atoms with Crippen LogP contribution in [-0.2, 0) is 4.79 Å². The SMILES string of the molecule is Cc1ccccc1NC(=O)/C(C#N)=C\c1cc(Cl)cc(Cl)c1O. The Kier molecular flexibility index (Phi) is 5.28. The summed E-state index contributed by atoms with van der Waals surface area (Å²) < 4.78 is 0. The second-order valence-corrected chi connectivity index (χ2v) is 5.61.